The molecule has 0 aliphatic carbocycles. The Hall–Kier alpha value is -0.970. The second-order valence-electron chi connectivity index (χ2n) is 2.64. The van der Waals surface area contributed by atoms with Crippen LogP contribution in [0, 0.1) is 0 Å². The van der Waals surface area contributed by atoms with E-state index < -0.39 is 5.97 Å². The van der Waals surface area contributed by atoms with Crippen molar-refractivity contribution in [1.82, 2.24) is 4.98 Å². The van der Waals surface area contributed by atoms with E-state index in [0.717, 1.165) is 12.7 Å². The molecule has 0 aliphatic rings. The Morgan fingerprint density at radius 1 is 1.85 bits per heavy atom. The van der Waals surface area contributed by atoms with Crippen molar-refractivity contribution in [3.8, 4) is 0 Å². The van der Waals surface area contributed by atoms with Gasteiger partial charge in [0.1, 0.15) is 6.26 Å². The van der Waals surface area contributed by atoms with Crippen LogP contribution >= 0.6 is 11.8 Å². The molecule has 0 fully saturated rings. The van der Waals surface area contributed by atoms with Crippen LogP contribution in [0.15, 0.2) is 15.9 Å². The molecule has 0 radical (unpaired) electrons. The van der Waals surface area contributed by atoms with Crippen LogP contribution in [-0.4, -0.2) is 21.3 Å². The van der Waals surface area contributed by atoms with Crippen LogP contribution in [0.2, 0.25) is 0 Å². The van der Waals surface area contributed by atoms with Gasteiger partial charge < -0.3 is 9.52 Å². The van der Waals surface area contributed by atoms with Gasteiger partial charge in [0, 0.05) is 5.25 Å². The summed E-state index contributed by atoms with van der Waals surface area (Å²) in [5.41, 5.74) is -0.0363. The molecule has 1 rings (SSSR count). The molecule has 5 heteroatoms. The zero-order chi connectivity index (χ0) is 9.84. The Kier molecular flexibility index (Phi) is 3.36. The number of carboxylic acid groups (broad SMARTS) is 1. The first kappa shape index (κ1) is 10.1. The lowest BCUT2D eigenvalue weighted by molar-refractivity contribution is 0.0690. The molecule has 0 spiro atoms. The van der Waals surface area contributed by atoms with Gasteiger partial charge in [-0.3, -0.25) is 0 Å². The molecule has 1 N–H and O–H groups in total. The Balaban J connectivity index is 2.64. The molecule has 1 aromatic heterocycles. The predicted octanol–water partition coefficient (Wildman–Crippen LogP) is 2.26. The Labute approximate surface area is 80.3 Å². The molecule has 0 saturated heterocycles. The fourth-order valence-electron chi connectivity index (χ4n) is 0.665. The van der Waals surface area contributed by atoms with Gasteiger partial charge in [-0.05, 0) is 6.42 Å². The zero-order valence-corrected chi connectivity index (χ0v) is 8.30. The third-order valence-corrected chi connectivity index (χ3v) is 2.70. The van der Waals surface area contributed by atoms with Crippen molar-refractivity contribution < 1.29 is 14.3 Å². The molecule has 13 heavy (non-hydrogen) atoms. The Bertz CT molecular complexity index is 297. The molecule has 1 aromatic rings. The maximum absolute atomic E-state index is 10.4. The summed E-state index contributed by atoms with van der Waals surface area (Å²) in [5.74, 6) is -1.06. The number of aromatic carboxylic acids is 1. The van der Waals surface area contributed by atoms with E-state index in [9.17, 15) is 4.79 Å². The minimum absolute atomic E-state index is 0.0363. The first-order valence-corrected chi connectivity index (χ1v) is 4.87. The standard InChI is InChI=1S/C8H11NO3S/c1-3-5(2)13-8-9-6(4-12-8)7(10)11/h4-5H,3H2,1-2H3,(H,10,11). The van der Waals surface area contributed by atoms with Crippen molar-refractivity contribution in [2.45, 2.75) is 30.7 Å². The summed E-state index contributed by atoms with van der Waals surface area (Å²) < 4.78 is 4.97. The van der Waals surface area contributed by atoms with Gasteiger partial charge in [0.05, 0.1) is 0 Å². The van der Waals surface area contributed by atoms with Crippen LogP contribution in [0.3, 0.4) is 0 Å². The summed E-state index contributed by atoms with van der Waals surface area (Å²) >= 11 is 1.44. The van der Waals surface area contributed by atoms with Crippen molar-refractivity contribution in [1.29, 1.82) is 0 Å². The lowest BCUT2D eigenvalue weighted by atomic mass is 10.4. The Morgan fingerprint density at radius 3 is 3.00 bits per heavy atom. The number of aromatic nitrogens is 1. The number of carboxylic acids is 1. The number of rotatable bonds is 4. The first-order valence-electron chi connectivity index (χ1n) is 3.99. The van der Waals surface area contributed by atoms with E-state index in [-0.39, 0.29) is 5.69 Å². The van der Waals surface area contributed by atoms with Gasteiger partial charge >= 0.3 is 5.97 Å². The third-order valence-electron chi connectivity index (χ3n) is 1.58. The monoisotopic (exact) mass is 201 g/mol. The van der Waals surface area contributed by atoms with Crippen molar-refractivity contribution in [2.75, 3.05) is 0 Å². The molecule has 0 aliphatic heterocycles. The zero-order valence-electron chi connectivity index (χ0n) is 7.48. The second-order valence-corrected chi connectivity index (χ2v) is 4.03. The lowest BCUT2D eigenvalue weighted by Crippen LogP contribution is -1.96. The molecule has 1 heterocycles. The van der Waals surface area contributed by atoms with Crippen LogP contribution in [0.5, 0.6) is 0 Å². The molecule has 0 bridgehead atoms. The van der Waals surface area contributed by atoms with E-state index in [2.05, 4.69) is 11.9 Å². The lowest BCUT2D eigenvalue weighted by Gasteiger charge is -2.01. The average Bonchev–Trinajstić information content (AvgIpc) is 2.52. The molecular weight excluding hydrogens is 190 g/mol. The molecule has 0 amide bonds. The van der Waals surface area contributed by atoms with Crippen LogP contribution in [0.25, 0.3) is 0 Å². The van der Waals surface area contributed by atoms with E-state index >= 15 is 0 Å². The fourth-order valence-corrected chi connectivity index (χ4v) is 1.43. The summed E-state index contributed by atoms with van der Waals surface area (Å²) in [4.78, 5) is 14.2. The largest absolute Gasteiger partial charge is 0.476 e. The van der Waals surface area contributed by atoms with Gasteiger partial charge in [0.15, 0.2) is 5.69 Å². The number of nitrogens with zero attached hydrogens (tertiary/aromatic N) is 1. The highest BCUT2D eigenvalue weighted by molar-refractivity contribution is 7.99. The number of thioether (sulfide) groups is 1. The van der Waals surface area contributed by atoms with Crippen molar-refractivity contribution in [3.05, 3.63) is 12.0 Å². The van der Waals surface area contributed by atoms with Crippen molar-refractivity contribution in [3.63, 3.8) is 0 Å². The predicted molar refractivity (Wildman–Crippen MR) is 49.1 cm³/mol. The van der Waals surface area contributed by atoms with E-state index in [1.54, 1.807) is 0 Å². The van der Waals surface area contributed by atoms with E-state index in [0.29, 0.717) is 10.5 Å². The molecule has 0 aromatic carbocycles. The van der Waals surface area contributed by atoms with Crippen LogP contribution in [0.4, 0.5) is 0 Å². The summed E-state index contributed by atoms with van der Waals surface area (Å²) in [6, 6.07) is 0. The normalized spacial score (nSPS) is 12.8. The highest BCUT2D eigenvalue weighted by atomic mass is 32.2. The summed E-state index contributed by atoms with van der Waals surface area (Å²) in [6.07, 6.45) is 2.16. The van der Waals surface area contributed by atoms with Crippen LogP contribution in [0.1, 0.15) is 30.8 Å². The molecular formula is C8H11NO3S. The first-order chi connectivity index (χ1) is 6.13. The summed E-state index contributed by atoms with van der Waals surface area (Å²) in [5, 5.41) is 9.37. The van der Waals surface area contributed by atoms with Gasteiger partial charge in [-0.25, -0.2) is 4.79 Å². The van der Waals surface area contributed by atoms with Crippen molar-refractivity contribution in [2.24, 2.45) is 0 Å². The van der Waals surface area contributed by atoms with Gasteiger partial charge in [0.25, 0.3) is 5.22 Å². The van der Waals surface area contributed by atoms with Crippen LogP contribution in [-0.2, 0) is 0 Å². The molecule has 1 atom stereocenters. The van der Waals surface area contributed by atoms with Crippen molar-refractivity contribution >= 4 is 17.7 Å². The molecule has 0 saturated carbocycles. The number of carbonyl (C=O) groups is 1. The smallest absolute Gasteiger partial charge is 0.357 e. The minimum atomic E-state index is -1.06. The van der Waals surface area contributed by atoms with E-state index in [4.69, 9.17) is 9.52 Å². The minimum Gasteiger partial charge on any atom is -0.476 e. The summed E-state index contributed by atoms with van der Waals surface area (Å²) in [6.45, 7) is 4.09. The maximum Gasteiger partial charge on any atom is 0.357 e. The molecule has 1 unspecified atom stereocenters. The molecule has 72 valence electrons. The SMILES string of the molecule is CCC(C)Sc1nc(C(=O)O)co1. The highest BCUT2D eigenvalue weighted by Crippen LogP contribution is 2.23. The van der Waals surface area contributed by atoms with E-state index in [1.807, 2.05) is 6.92 Å². The topological polar surface area (TPSA) is 63.3 Å². The number of oxazole rings is 1. The van der Waals surface area contributed by atoms with Gasteiger partial charge in [0.2, 0.25) is 0 Å². The molecule has 4 nitrogen and oxygen atoms in total. The third kappa shape index (κ3) is 2.77. The highest BCUT2D eigenvalue weighted by Gasteiger charge is 2.12. The van der Waals surface area contributed by atoms with E-state index in [1.165, 1.54) is 11.8 Å². The van der Waals surface area contributed by atoms with Gasteiger partial charge in [-0.2, -0.15) is 4.98 Å². The average molecular weight is 201 g/mol. The fraction of sp³-hybridized carbons (Fsp3) is 0.500. The maximum atomic E-state index is 10.4. The van der Waals surface area contributed by atoms with Crippen LogP contribution < -0.4 is 0 Å². The quantitative estimate of drug-likeness (QED) is 0.757. The summed E-state index contributed by atoms with van der Waals surface area (Å²) in [7, 11) is 0. The number of hydrogen-bond acceptors (Lipinski definition) is 4. The van der Waals surface area contributed by atoms with Gasteiger partial charge in [-0.1, -0.05) is 25.6 Å². The second kappa shape index (κ2) is 4.32. The van der Waals surface area contributed by atoms with Gasteiger partial charge in [-0.15, -0.1) is 0 Å². The Morgan fingerprint density at radius 2 is 2.54 bits per heavy atom. The number of hydrogen-bond donors (Lipinski definition) is 1.